The summed E-state index contributed by atoms with van der Waals surface area (Å²) in [6.45, 7) is 4.80. The molecule has 9 heteroatoms. The summed E-state index contributed by atoms with van der Waals surface area (Å²) < 4.78 is 22.3. The summed E-state index contributed by atoms with van der Waals surface area (Å²) in [5.41, 5.74) is 5.49. The summed E-state index contributed by atoms with van der Waals surface area (Å²) in [5.74, 6) is 2.10. The molecule has 4 aromatic rings. The number of carbonyl (C=O) groups excluding carboxylic acids is 1. The molecule has 0 atom stereocenters. The van der Waals surface area contributed by atoms with Gasteiger partial charge in [0.15, 0.2) is 18.1 Å². The minimum atomic E-state index is -0.215. The molecular weight excluding hydrogens is 550 g/mol. The van der Waals surface area contributed by atoms with Crippen molar-refractivity contribution >= 4 is 22.9 Å². The van der Waals surface area contributed by atoms with E-state index in [1.807, 2.05) is 18.2 Å². The second kappa shape index (κ2) is 14.1. The number of rotatable bonds is 12. The van der Waals surface area contributed by atoms with Gasteiger partial charge in [-0.2, -0.15) is 11.3 Å². The van der Waals surface area contributed by atoms with Crippen molar-refractivity contribution in [2.75, 3.05) is 59.0 Å². The molecule has 42 heavy (non-hydrogen) atoms. The van der Waals surface area contributed by atoms with Crippen LogP contribution in [-0.4, -0.2) is 64.9 Å². The Hall–Kier alpha value is -4.21. The van der Waals surface area contributed by atoms with Crippen LogP contribution in [0.25, 0.3) is 11.1 Å². The van der Waals surface area contributed by atoms with E-state index in [1.165, 1.54) is 11.3 Å². The molecule has 1 amide bonds. The first-order chi connectivity index (χ1) is 20.6. The molecule has 8 nitrogen and oxygen atoms in total. The number of nitrogens with zero attached hydrogens (tertiary/aromatic N) is 2. The molecule has 1 fully saturated rings. The second-order valence-electron chi connectivity index (χ2n) is 10.0. The van der Waals surface area contributed by atoms with Crippen molar-refractivity contribution in [2.24, 2.45) is 0 Å². The average molecular weight is 588 g/mol. The Balaban J connectivity index is 1.23. The molecule has 1 aliphatic heterocycles. The molecule has 1 N–H and O–H groups in total. The first-order valence-electron chi connectivity index (χ1n) is 13.9. The fourth-order valence-corrected chi connectivity index (χ4v) is 5.79. The lowest BCUT2D eigenvalue weighted by Gasteiger charge is -2.36. The minimum Gasteiger partial charge on any atom is -0.493 e. The SMILES string of the molecule is COc1cc(CNC(=O)COc2ccc(-c3ccsc3)cc2CN2CCN(c3ccccc3)CC2)cc(OC)c1OC. The highest BCUT2D eigenvalue weighted by atomic mass is 32.1. The Labute approximate surface area is 251 Å². The molecule has 2 heterocycles. The van der Waals surface area contributed by atoms with Crippen molar-refractivity contribution in [3.05, 3.63) is 88.6 Å². The zero-order valence-corrected chi connectivity index (χ0v) is 25.1. The van der Waals surface area contributed by atoms with Gasteiger partial charge in [0.25, 0.3) is 5.91 Å². The van der Waals surface area contributed by atoms with Crippen LogP contribution < -0.4 is 29.2 Å². The van der Waals surface area contributed by atoms with E-state index < -0.39 is 0 Å². The summed E-state index contributed by atoms with van der Waals surface area (Å²) in [6, 6.07) is 22.5. The van der Waals surface area contributed by atoms with E-state index in [1.54, 1.807) is 32.7 Å². The number of carbonyl (C=O) groups is 1. The van der Waals surface area contributed by atoms with E-state index in [-0.39, 0.29) is 12.5 Å². The van der Waals surface area contributed by atoms with Gasteiger partial charge in [0.05, 0.1) is 21.3 Å². The smallest absolute Gasteiger partial charge is 0.258 e. The van der Waals surface area contributed by atoms with Crippen molar-refractivity contribution in [3.8, 4) is 34.1 Å². The van der Waals surface area contributed by atoms with Gasteiger partial charge in [0.2, 0.25) is 5.75 Å². The van der Waals surface area contributed by atoms with Crippen molar-refractivity contribution in [1.29, 1.82) is 0 Å². The number of hydrogen-bond donors (Lipinski definition) is 1. The maximum atomic E-state index is 12.8. The molecule has 3 aromatic carbocycles. The summed E-state index contributed by atoms with van der Waals surface area (Å²) in [7, 11) is 4.70. The van der Waals surface area contributed by atoms with E-state index in [9.17, 15) is 4.79 Å². The largest absolute Gasteiger partial charge is 0.493 e. The molecule has 5 rings (SSSR count). The van der Waals surface area contributed by atoms with Crippen LogP contribution in [-0.2, 0) is 17.9 Å². The molecule has 220 valence electrons. The van der Waals surface area contributed by atoms with E-state index in [0.29, 0.717) is 23.8 Å². The average Bonchev–Trinajstić information content (AvgIpc) is 3.58. The fraction of sp³-hybridized carbons (Fsp3) is 0.303. The third-order valence-corrected chi connectivity index (χ3v) is 8.06. The number of methoxy groups -OCH3 is 3. The van der Waals surface area contributed by atoms with Crippen molar-refractivity contribution in [3.63, 3.8) is 0 Å². The number of para-hydroxylation sites is 1. The lowest BCUT2D eigenvalue weighted by molar-refractivity contribution is -0.123. The molecule has 0 bridgehead atoms. The normalized spacial score (nSPS) is 13.5. The predicted octanol–water partition coefficient (Wildman–Crippen LogP) is 5.46. The van der Waals surface area contributed by atoms with E-state index in [0.717, 1.165) is 55.2 Å². The maximum Gasteiger partial charge on any atom is 0.258 e. The monoisotopic (exact) mass is 587 g/mol. The quantitative estimate of drug-likeness (QED) is 0.236. The summed E-state index contributed by atoms with van der Waals surface area (Å²) in [5, 5.41) is 7.17. The van der Waals surface area contributed by atoms with Crippen molar-refractivity contribution in [2.45, 2.75) is 13.1 Å². The maximum absolute atomic E-state index is 12.8. The molecule has 1 saturated heterocycles. The molecule has 0 saturated carbocycles. The Kier molecular flexibility index (Phi) is 9.84. The predicted molar refractivity (Wildman–Crippen MR) is 167 cm³/mol. The molecule has 0 aliphatic carbocycles. The Morgan fingerprint density at radius 1 is 0.833 bits per heavy atom. The molecular formula is C33H37N3O5S. The summed E-state index contributed by atoms with van der Waals surface area (Å²) >= 11 is 1.68. The van der Waals surface area contributed by atoms with E-state index >= 15 is 0 Å². The highest BCUT2D eigenvalue weighted by molar-refractivity contribution is 7.08. The second-order valence-corrected chi connectivity index (χ2v) is 10.8. The lowest BCUT2D eigenvalue weighted by atomic mass is 10.0. The fourth-order valence-electron chi connectivity index (χ4n) is 5.13. The van der Waals surface area contributed by atoms with Crippen LogP contribution in [0.5, 0.6) is 23.0 Å². The van der Waals surface area contributed by atoms with Gasteiger partial charge in [0, 0.05) is 50.5 Å². The number of ether oxygens (including phenoxy) is 4. The van der Waals surface area contributed by atoms with E-state index in [2.05, 4.69) is 74.4 Å². The van der Waals surface area contributed by atoms with Gasteiger partial charge < -0.3 is 29.2 Å². The molecule has 1 aliphatic rings. The molecule has 0 radical (unpaired) electrons. The Morgan fingerprint density at radius 3 is 2.21 bits per heavy atom. The summed E-state index contributed by atoms with van der Waals surface area (Å²) in [6.07, 6.45) is 0. The van der Waals surface area contributed by atoms with Crippen LogP contribution in [0.1, 0.15) is 11.1 Å². The van der Waals surface area contributed by atoms with Crippen LogP contribution in [0.4, 0.5) is 5.69 Å². The van der Waals surface area contributed by atoms with Gasteiger partial charge in [-0.15, -0.1) is 0 Å². The Morgan fingerprint density at radius 2 is 1.57 bits per heavy atom. The van der Waals surface area contributed by atoms with Gasteiger partial charge in [-0.05, 0) is 69.9 Å². The van der Waals surface area contributed by atoms with E-state index in [4.69, 9.17) is 18.9 Å². The highest BCUT2D eigenvalue weighted by Gasteiger charge is 2.20. The number of benzene rings is 3. The minimum absolute atomic E-state index is 0.0863. The van der Waals surface area contributed by atoms with Gasteiger partial charge in [-0.1, -0.05) is 24.3 Å². The molecule has 1 aromatic heterocycles. The standard InChI is InChI=1S/C33H37N3O5S/c1-38-30-17-24(18-31(39-2)33(30)40-3)20-34-32(37)22-41-29-10-9-25(26-11-16-42-23-26)19-27(29)21-35-12-14-36(15-13-35)28-7-5-4-6-8-28/h4-11,16-19,23H,12-15,20-22H2,1-3H3,(H,34,37). The van der Waals surface area contributed by atoms with Crippen molar-refractivity contribution in [1.82, 2.24) is 10.2 Å². The zero-order chi connectivity index (χ0) is 29.3. The zero-order valence-electron chi connectivity index (χ0n) is 24.3. The Bertz CT molecular complexity index is 1430. The molecule has 0 unspecified atom stereocenters. The van der Waals surface area contributed by atoms with Crippen molar-refractivity contribution < 1.29 is 23.7 Å². The van der Waals surface area contributed by atoms with Gasteiger partial charge in [-0.3, -0.25) is 9.69 Å². The number of amides is 1. The van der Waals surface area contributed by atoms with Gasteiger partial charge in [-0.25, -0.2) is 0 Å². The number of anilines is 1. The van der Waals surface area contributed by atoms with Crippen LogP contribution in [0.3, 0.4) is 0 Å². The topological polar surface area (TPSA) is 72.5 Å². The third-order valence-electron chi connectivity index (χ3n) is 7.38. The first kappa shape index (κ1) is 29.3. The summed E-state index contributed by atoms with van der Waals surface area (Å²) in [4.78, 5) is 17.7. The van der Waals surface area contributed by atoms with Gasteiger partial charge >= 0.3 is 0 Å². The van der Waals surface area contributed by atoms with Gasteiger partial charge in [0.1, 0.15) is 5.75 Å². The van der Waals surface area contributed by atoms with Crippen LogP contribution in [0, 0.1) is 0 Å². The van der Waals surface area contributed by atoms with Crippen LogP contribution in [0.2, 0.25) is 0 Å². The number of piperazine rings is 1. The highest BCUT2D eigenvalue weighted by Crippen LogP contribution is 2.38. The van der Waals surface area contributed by atoms with Crippen LogP contribution in [0.15, 0.2) is 77.5 Å². The van der Waals surface area contributed by atoms with Crippen LogP contribution >= 0.6 is 11.3 Å². The number of thiophene rings is 1. The number of hydrogen-bond acceptors (Lipinski definition) is 8. The lowest BCUT2D eigenvalue weighted by Crippen LogP contribution is -2.46. The molecule has 0 spiro atoms. The first-order valence-corrected chi connectivity index (χ1v) is 14.9. The number of nitrogens with one attached hydrogen (secondary N) is 1. The third kappa shape index (κ3) is 7.16.